The van der Waals surface area contributed by atoms with Crippen molar-refractivity contribution in [1.29, 1.82) is 0 Å². The fraction of sp³-hybridized carbons (Fsp3) is 0.571. The van der Waals surface area contributed by atoms with Gasteiger partial charge in [-0.05, 0) is 38.8 Å². The number of ether oxygens (including phenoxy) is 1. The van der Waals surface area contributed by atoms with Gasteiger partial charge in [0.1, 0.15) is 5.69 Å². The largest absolute Gasteiger partial charge is 0.479 e. The summed E-state index contributed by atoms with van der Waals surface area (Å²) in [4.78, 5) is 22.9. The van der Waals surface area contributed by atoms with Gasteiger partial charge in [-0.3, -0.25) is 4.79 Å². The van der Waals surface area contributed by atoms with Gasteiger partial charge in [-0.25, -0.2) is 4.79 Å². The molecule has 1 aliphatic rings. The highest BCUT2D eigenvalue weighted by atomic mass is 16.5. The molecule has 0 spiro atoms. The summed E-state index contributed by atoms with van der Waals surface area (Å²) in [6.45, 7) is 4.36. The molecule has 6 heteroatoms. The summed E-state index contributed by atoms with van der Waals surface area (Å²) in [6, 6.07) is 3.82. The van der Waals surface area contributed by atoms with E-state index < -0.39 is 12.1 Å². The van der Waals surface area contributed by atoms with Gasteiger partial charge in [0.25, 0.3) is 5.91 Å². The second-order valence-electron chi connectivity index (χ2n) is 5.27. The van der Waals surface area contributed by atoms with Crippen molar-refractivity contribution >= 4 is 11.9 Å². The molecule has 0 bridgehead atoms. The van der Waals surface area contributed by atoms with Crippen LogP contribution in [0.2, 0.25) is 0 Å². The minimum atomic E-state index is -0.937. The predicted molar refractivity (Wildman–Crippen MR) is 72.7 cm³/mol. The van der Waals surface area contributed by atoms with E-state index >= 15 is 0 Å². The molecule has 110 valence electrons. The number of aliphatic carboxylic acids is 1. The van der Waals surface area contributed by atoms with E-state index in [1.165, 1.54) is 0 Å². The molecule has 6 nitrogen and oxygen atoms in total. The number of carbonyl (C=O) groups excluding carboxylic acids is 1. The molecule has 0 radical (unpaired) electrons. The first-order valence-electron chi connectivity index (χ1n) is 6.82. The highest BCUT2D eigenvalue weighted by molar-refractivity contribution is 5.92. The maximum atomic E-state index is 12.1. The van der Waals surface area contributed by atoms with E-state index in [0.29, 0.717) is 25.1 Å². The molecule has 2 unspecified atom stereocenters. The highest BCUT2D eigenvalue weighted by Crippen LogP contribution is 2.19. The molecule has 20 heavy (non-hydrogen) atoms. The van der Waals surface area contributed by atoms with Crippen molar-refractivity contribution in [2.45, 2.75) is 44.9 Å². The van der Waals surface area contributed by atoms with Gasteiger partial charge < -0.3 is 19.7 Å². The van der Waals surface area contributed by atoms with Crippen LogP contribution in [0.1, 0.15) is 43.2 Å². The van der Waals surface area contributed by atoms with Crippen molar-refractivity contribution < 1.29 is 19.4 Å². The molecule has 1 fully saturated rings. The maximum Gasteiger partial charge on any atom is 0.332 e. The van der Waals surface area contributed by atoms with Crippen molar-refractivity contribution in [3.63, 3.8) is 0 Å². The Hall–Kier alpha value is -1.82. The first-order valence-corrected chi connectivity index (χ1v) is 6.82. The lowest BCUT2D eigenvalue weighted by molar-refractivity contribution is -0.149. The Morgan fingerprint density at radius 2 is 2.25 bits per heavy atom. The molecule has 1 saturated heterocycles. The Labute approximate surface area is 117 Å². The van der Waals surface area contributed by atoms with E-state index in [1.54, 1.807) is 6.07 Å². The van der Waals surface area contributed by atoms with Crippen LogP contribution in [0.3, 0.4) is 0 Å². The summed E-state index contributed by atoms with van der Waals surface area (Å²) in [7, 11) is 0. The van der Waals surface area contributed by atoms with Crippen LogP contribution in [0, 0.1) is 0 Å². The van der Waals surface area contributed by atoms with Gasteiger partial charge >= 0.3 is 5.97 Å². The van der Waals surface area contributed by atoms with Gasteiger partial charge in [0.15, 0.2) is 6.10 Å². The molecule has 1 aromatic rings. The van der Waals surface area contributed by atoms with Gasteiger partial charge in [-0.1, -0.05) is 0 Å². The van der Waals surface area contributed by atoms with Gasteiger partial charge in [-0.15, -0.1) is 0 Å². The van der Waals surface area contributed by atoms with Crippen molar-refractivity contribution in [2.24, 2.45) is 0 Å². The number of aromatic nitrogens is 1. The second-order valence-corrected chi connectivity index (χ2v) is 5.27. The van der Waals surface area contributed by atoms with Crippen LogP contribution in [-0.4, -0.2) is 40.3 Å². The quantitative estimate of drug-likeness (QED) is 0.855. The van der Waals surface area contributed by atoms with Crippen molar-refractivity contribution in [3.8, 4) is 0 Å². The van der Waals surface area contributed by atoms with Crippen LogP contribution in [0.5, 0.6) is 0 Å². The fourth-order valence-electron chi connectivity index (χ4n) is 2.37. The molecular weight excluding hydrogens is 260 g/mol. The van der Waals surface area contributed by atoms with Crippen molar-refractivity contribution in [1.82, 2.24) is 9.88 Å². The normalized spacial score (nSPS) is 22.1. The lowest BCUT2D eigenvalue weighted by Crippen LogP contribution is -2.34. The number of hydrogen-bond acceptors (Lipinski definition) is 3. The number of carboxylic acids is 1. The third kappa shape index (κ3) is 3.19. The Morgan fingerprint density at radius 1 is 1.50 bits per heavy atom. The van der Waals surface area contributed by atoms with E-state index in [1.807, 2.05) is 30.7 Å². The van der Waals surface area contributed by atoms with E-state index in [0.717, 1.165) is 0 Å². The van der Waals surface area contributed by atoms with E-state index in [-0.39, 0.29) is 18.1 Å². The number of carboxylic acid groups (broad SMARTS) is 1. The summed E-state index contributed by atoms with van der Waals surface area (Å²) in [6.07, 6.45) is 2.06. The Bertz CT molecular complexity index is 495. The SMILES string of the molecule is CC(C)n1cccc1C(=O)NCC1CCC(C(=O)O)O1. The number of amides is 1. The zero-order valence-corrected chi connectivity index (χ0v) is 11.7. The molecule has 0 aromatic carbocycles. The van der Waals surface area contributed by atoms with Crippen LogP contribution < -0.4 is 5.32 Å². The van der Waals surface area contributed by atoms with Gasteiger partial charge in [0, 0.05) is 18.8 Å². The smallest absolute Gasteiger partial charge is 0.332 e. The zero-order chi connectivity index (χ0) is 14.7. The zero-order valence-electron chi connectivity index (χ0n) is 11.7. The number of carbonyl (C=O) groups is 2. The number of nitrogens with one attached hydrogen (secondary N) is 1. The monoisotopic (exact) mass is 280 g/mol. The molecule has 0 aliphatic carbocycles. The second kappa shape index (κ2) is 6.09. The Kier molecular flexibility index (Phi) is 4.44. The lowest BCUT2D eigenvalue weighted by atomic mass is 10.2. The molecule has 2 heterocycles. The number of rotatable bonds is 5. The van der Waals surface area contributed by atoms with Crippen LogP contribution >= 0.6 is 0 Å². The van der Waals surface area contributed by atoms with Crippen LogP contribution in [0.15, 0.2) is 18.3 Å². The molecule has 2 rings (SSSR count). The lowest BCUT2D eigenvalue weighted by Gasteiger charge is -2.15. The molecule has 2 atom stereocenters. The molecule has 0 saturated carbocycles. The minimum Gasteiger partial charge on any atom is -0.479 e. The topological polar surface area (TPSA) is 80.6 Å². The number of hydrogen-bond donors (Lipinski definition) is 2. The predicted octanol–water partition coefficient (Wildman–Crippen LogP) is 1.43. The summed E-state index contributed by atoms with van der Waals surface area (Å²) in [5, 5.41) is 11.6. The van der Waals surface area contributed by atoms with Gasteiger partial charge in [0.2, 0.25) is 0 Å². The summed E-state index contributed by atoms with van der Waals surface area (Å²) < 4.78 is 7.24. The standard InChI is InChI=1S/C14H20N2O4/c1-9(2)16-7-3-4-11(16)13(17)15-8-10-5-6-12(20-10)14(18)19/h3-4,7,9-10,12H,5-6,8H2,1-2H3,(H,15,17)(H,18,19). The van der Waals surface area contributed by atoms with E-state index in [2.05, 4.69) is 5.32 Å². The molecule has 2 N–H and O–H groups in total. The molecule has 1 amide bonds. The first-order chi connectivity index (χ1) is 9.49. The van der Waals surface area contributed by atoms with E-state index in [9.17, 15) is 9.59 Å². The Balaban J connectivity index is 1.87. The highest BCUT2D eigenvalue weighted by Gasteiger charge is 2.30. The van der Waals surface area contributed by atoms with E-state index in [4.69, 9.17) is 9.84 Å². The average molecular weight is 280 g/mol. The fourth-order valence-corrected chi connectivity index (χ4v) is 2.37. The number of nitrogens with zero attached hydrogens (tertiary/aromatic N) is 1. The Morgan fingerprint density at radius 3 is 2.85 bits per heavy atom. The average Bonchev–Trinajstić information content (AvgIpc) is 3.04. The van der Waals surface area contributed by atoms with Crippen LogP contribution in [0.25, 0.3) is 0 Å². The van der Waals surface area contributed by atoms with Crippen LogP contribution in [0.4, 0.5) is 0 Å². The van der Waals surface area contributed by atoms with Crippen LogP contribution in [-0.2, 0) is 9.53 Å². The third-order valence-corrected chi connectivity index (χ3v) is 3.44. The first kappa shape index (κ1) is 14.6. The molecule has 1 aliphatic heterocycles. The third-order valence-electron chi connectivity index (χ3n) is 3.44. The summed E-state index contributed by atoms with van der Waals surface area (Å²) in [5.41, 5.74) is 0.604. The van der Waals surface area contributed by atoms with Crippen molar-refractivity contribution in [2.75, 3.05) is 6.54 Å². The molecular formula is C14H20N2O4. The summed E-state index contributed by atoms with van der Waals surface area (Å²) >= 11 is 0. The summed E-state index contributed by atoms with van der Waals surface area (Å²) in [5.74, 6) is -1.10. The maximum absolute atomic E-state index is 12.1. The molecule has 1 aromatic heterocycles. The van der Waals surface area contributed by atoms with Crippen molar-refractivity contribution in [3.05, 3.63) is 24.0 Å². The van der Waals surface area contributed by atoms with Gasteiger partial charge in [0.05, 0.1) is 6.10 Å². The minimum absolute atomic E-state index is 0.161. The van der Waals surface area contributed by atoms with Gasteiger partial charge in [-0.2, -0.15) is 0 Å².